The van der Waals surface area contributed by atoms with Gasteiger partial charge < -0.3 is 15.4 Å². The van der Waals surface area contributed by atoms with Gasteiger partial charge in [-0.1, -0.05) is 34.1 Å². The van der Waals surface area contributed by atoms with Crippen LogP contribution in [0, 0.1) is 0 Å². The fourth-order valence-electron chi connectivity index (χ4n) is 2.07. The van der Waals surface area contributed by atoms with Gasteiger partial charge in [0.25, 0.3) is 5.91 Å². The molecular formula is C19H19BrN4O4. The van der Waals surface area contributed by atoms with Crippen molar-refractivity contribution < 1.29 is 19.1 Å². The number of likely N-dealkylation sites (N-methyl/N-ethyl adjacent to an activating group) is 1. The summed E-state index contributed by atoms with van der Waals surface area (Å²) < 4.78 is 6.31. The molecule has 0 aliphatic carbocycles. The van der Waals surface area contributed by atoms with Crippen LogP contribution in [0.15, 0.2) is 58.1 Å². The van der Waals surface area contributed by atoms with Gasteiger partial charge in [-0.25, -0.2) is 5.43 Å². The number of hydrazone groups is 1. The summed E-state index contributed by atoms with van der Waals surface area (Å²) in [4.78, 5) is 34.9. The lowest BCUT2D eigenvalue weighted by Gasteiger charge is -2.10. The lowest BCUT2D eigenvalue weighted by atomic mass is 10.2. The van der Waals surface area contributed by atoms with Gasteiger partial charge in [0.2, 0.25) is 0 Å². The van der Waals surface area contributed by atoms with Crippen molar-refractivity contribution in [3.05, 3.63) is 58.6 Å². The highest BCUT2D eigenvalue weighted by Crippen LogP contribution is 2.22. The van der Waals surface area contributed by atoms with Crippen molar-refractivity contribution in [2.75, 3.05) is 18.5 Å². The van der Waals surface area contributed by atoms with Crippen molar-refractivity contribution in [1.29, 1.82) is 0 Å². The molecule has 0 atom stereocenters. The van der Waals surface area contributed by atoms with Crippen molar-refractivity contribution >= 4 is 45.6 Å². The molecule has 0 heterocycles. The number of hydrogen-bond donors (Lipinski definition) is 3. The van der Waals surface area contributed by atoms with E-state index in [1.165, 1.54) is 6.21 Å². The second-order valence-corrected chi connectivity index (χ2v) is 6.36. The van der Waals surface area contributed by atoms with E-state index in [0.717, 1.165) is 4.47 Å². The van der Waals surface area contributed by atoms with Gasteiger partial charge in [-0.15, -0.1) is 0 Å². The molecule has 2 rings (SSSR count). The molecule has 0 radical (unpaired) electrons. The first-order chi connectivity index (χ1) is 13.5. The van der Waals surface area contributed by atoms with E-state index in [4.69, 9.17) is 4.74 Å². The number of carbonyl (C=O) groups excluding carboxylic acids is 3. The first-order valence-electron chi connectivity index (χ1n) is 8.38. The van der Waals surface area contributed by atoms with Gasteiger partial charge in [-0.3, -0.25) is 14.4 Å². The number of ether oxygens (including phenoxy) is 1. The highest BCUT2D eigenvalue weighted by molar-refractivity contribution is 9.10. The van der Waals surface area contributed by atoms with E-state index < -0.39 is 11.8 Å². The van der Waals surface area contributed by atoms with Gasteiger partial charge in [0.05, 0.1) is 6.21 Å². The molecule has 0 aliphatic heterocycles. The second-order valence-electron chi connectivity index (χ2n) is 5.44. The highest BCUT2D eigenvalue weighted by atomic mass is 79.9. The van der Waals surface area contributed by atoms with Crippen LogP contribution in [0.2, 0.25) is 0 Å². The normalized spacial score (nSPS) is 10.4. The van der Waals surface area contributed by atoms with E-state index in [9.17, 15) is 14.4 Å². The highest BCUT2D eigenvalue weighted by Gasteiger charge is 2.11. The van der Waals surface area contributed by atoms with Gasteiger partial charge in [0.15, 0.2) is 6.61 Å². The Morgan fingerprint density at radius 2 is 1.86 bits per heavy atom. The summed E-state index contributed by atoms with van der Waals surface area (Å²) in [7, 11) is 0. The molecule has 9 heteroatoms. The number of anilines is 1. The number of hydrogen-bond acceptors (Lipinski definition) is 5. The summed E-state index contributed by atoms with van der Waals surface area (Å²) in [5.41, 5.74) is 3.31. The molecule has 0 spiro atoms. The summed E-state index contributed by atoms with van der Waals surface area (Å²) in [6.45, 7) is 1.83. The minimum Gasteiger partial charge on any atom is -0.483 e. The number of para-hydroxylation sites is 1. The maximum Gasteiger partial charge on any atom is 0.329 e. The summed E-state index contributed by atoms with van der Waals surface area (Å²) >= 11 is 3.34. The molecule has 0 aliphatic rings. The number of amides is 3. The zero-order chi connectivity index (χ0) is 20.4. The fraction of sp³-hybridized carbons (Fsp3) is 0.158. The molecule has 2 aromatic carbocycles. The number of nitrogens with zero attached hydrogens (tertiary/aromatic N) is 1. The average molecular weight is 447 g/mol. The molecule has 0 saturated heterocycles. The first kappa shape index (κ1) is 21.1. The summed E-state index contributed by atoms with van der Waals surface area (Å²) in [6, 6.07) is 14.1. The average Bonchev–Trinajstić information content (AvgIpc) is 2.68. The Balaban J connectivity index is 1.97. The maximum atomic E-state index is 12.0. The molecule has 0 unspecified atom stereocenters. The third kappa shape index (κ3) is 6.84. The molecule has 0 aromatic heterocycles. The number of rotatable bonds is 7. The summed E-state index contributed by atoms with van der Waals surface area (Å²) in [6.07, 6.45) is 1.33. The van der Waals surface area contributed by atoms with Crippen LogP contribution in [0.1, 0.15) is 12.5 Å². The number of carbonyl (C=O) groups is 3. The number of benzene rings is 2. The van der Waals surface area contributed by atoms with Crippen molar-refractivity contribution in [2.24, 2.45) is 5.10 Å². The number of halogens is 1. The Hall–Kier alpha value is -3.20. The van der Waals surface area contributed by atoms with Crippen LogP contribution >= 0.6 is 15.9 Å². The Kier molecular flexibility index (Phi) is 8.16. The lowest BCUT2D eigenvalue weighted by molar-refractivity contribution is -0.139. The molecular weight excluding hydrogens is 428 g/mol. The molecule has 8 nitrogen and oxygen atoms in total. The van der Waals surface area contributed by atoms with Crippen molar-refractivity contribution in [3.63, 3.8) is 0 Å². The van der Waals surface area contributed by atoms with E-state index >= 15 is 0 Å². The van der Waals surface area contributed by atoms with E-state index in [2.05, 4.69) is 37.1 Å². The van der Waals surface area contributed by atoms with Crippen LogP contribution in [0.5, 0.6) is 5.75 Å². The van der Waals surface area contributed by atoms with Crippen LogP contribution < -0.4 is 20.8 Å². The SMILES string of the molecule is CCNC(=O)C(=O)N/N=C\c1cc(Br)ccc1OCC(=O)Nc1ccccc1. The van der Waals surface area contributed by atoms with Crippen LogP contribution in [0.25, 0.3) is 0 Å². The third-order valence-corrected chi connectivity index (χ3v) is 3.79. The zero-order valence-electron chi connectivity index (χ0n) is 15.1. The van der Waals surface area contributed by atoms with Crippen molar-refractivity contribution in [1.82, 2.24) is 10.7 Å². The fourth-order valence-corrected chi connectivity index (χ4v) is 2.44. The molecule has 28 heavy (non-hydrogen) atoms. The topological polar surface area (TPSA) is 109 Å². The van der Waals surface area contributed by atoms with Gasteiger partial charge in [-0.2, -0.15) is 5.10 Å². The second kappa shape index (κ2) is 10.8. The zero-order valence-corrected chi connectivity index (χ0v) is 16.7. The number of nitrogens with one attached hydrogen (secondary N) is 3. The van der Waals surface area contributed by atoms with Gasteiger partial charge in [0, 0.05) is 22.3 Å². The minimum absolute atomic E-state index is 0.206. The van der Waals surface area contributed by atoms with E-state index in [0.29, 0.717) is 23.5 Å². The molecule has 2 aromatic rings. The Morgan fingerprint density at radius 3 is 2.57 bits per heavy atom. The van der Waals surface area contributed by atoms with Gasteiger partial charge in [-0.05, 0) is 37.3 Å². The predicted octanol–water partition coefficient (Wildman–Crippen LogP) is 2.05. The van der Waals surface area contributed by atoms with E-state index in [1.807, 2.05) is 18.2 Å². The first-order valence-corrected chi connectivity index (χ1v) is 9.17. The maximum absolute atomic E-state index is 12.0. The molecule has 146 valence electrons. The van der Waals surface area contributed by atoms with E-state index in [-0.39, 0.29) is 12.5 Å². The Bertz CT molecular complexity index is 871. The molecule has 3 N–H and O–H groups in total. The standard InChI is InChI=1S/C19H19BrN4O4/c1-2-21-18(26)19(27)24-22-11-13-10-14(20)8-9-16(13)28-12-17(25)23-15-6-4-3-5-7-15/h3-11H,2,12H2,1H3,(H,21,26)(H,23,25)(H,24,27)/b22-11-. The van der Waals surface area contributed by atoms with Gasteiger partial charge >= 0.3 is 11.8 Å². The van der Waals surface area contributed by atoms with Crippen LogP contribution in [-0.2, 0) is 14.4 Å². The van der Waals surface area contributed by atoms with Crippen LogP contribution in [0.3, 0.4) is 0 Å². The Labute approximate surface area is 170 Å². The molecule has 3 amide bonds. The predicted molar refractivity (Wildman–Crippen MR) is 109 cm³/mol. The third-order valence-electron chi connectivity index (χ3n) is 3.30. The molecule has 0 bridgehead atoms. The molecule has 0 fully saturated rings. The summed E-state index contributed by atoms with van der Waals surface area (Å²) in [5, 5.41) is 8.84. The quantitative estimate of drug-likeness (QED) is 0.343. The van der Waals surface area contributed by atoms with Crippen molar-refractivity contribution in [2.45, 2.75) is 6.92 Å². The Morgan fingerprint density at radius 1 is 1.11 bits per heavy atom. The van der Waals surface area contributed by atoms with Gasteiger partial charge in [0.1, 0.15) is 5.75 Å². The van der Waals surface area contributed by atoms with Crippen LogP contribution in [0.4, 0.5) is 5.69 Å². The van der Waals surface area contributed by atoms with Crippen molar-refractivity contribution in [3.8, 4) is 5.75 Å². The molecule has 0 saturated carbocycles. The largest absolute Gasteiger partial charge is 0.483 e. The van der Waals surface area contributed by atoms with Crippen LogP contribution in [-0.4, -0.2) is 37.1 Å². The smallest absolute Gasteiger partial charge is 0.329 e. The monoisotopic (exact) mass is 446 g/mol. The minimum atomic E-state index is -0.877. The lowest BCUT2D eigenvalue weighted by Crippen LogP contribution is -2.37. The van der Waals surface area contributed by atoms with E-state index in [1.54, 1.807) is 37.3 Å². The summed E-state index contributed by atoms with van der Waals surface area (Å²) in [5.74, 6) is -1.58.